The van der Waals surface area contributed by atoms with Crippen LogP contribution in [0.25, 0.3) is 0 Å². The Labute approximate surface area is 515 Å². The standard InChI is InChI=1S/C76H151NO5/c1-3-5-7-9-11-13-15-17-19-21-37-40-44-48-52-56-60-64-68-74(79)73(72-78)77-75(80)69-65-61-57-53-49-45-41-38-34-32-30-28-26-24-22-23-25-27-29-31-33-35-39-43-47-51-55-59-63-67-71-82-76(81)70-66-62-58-54-50-46-42-36-20-18-16-14-12-10-8-6-4-2/h73-74,78-79H,3-72H2,1-2H3,(H,77,80). The van der Waals surface area contributed by atoms with Crippen LogP contribution in [0.15, 0.2) is 0 Å². The molecular weight excluding hydrogens is 1010 g/mol. The third-order valence-electron chi connectivity index (χ3n) is 18.4. The molecule has 0 spiro atoms. The van der Waals surface area contributed by atoms with Crippen LogP contribution in [0.4, 0.5) is 0 Å². The van der Waals surface area contributed by atoms with Crippen molar-refractivity contribution in [3.63, 3.8) is 0 Å². The third kappa shape index (κ3) is 68.0. The largest absolute Gasteiger partial charge is 0.466 e. The van der Waals surface area contributed by atoms with Gasteiger partial charge in [-0.25, -0.2) is 0 Å². The molecule has 2 unspecified atom stereocenters. The molecule has 0 aromatic carbocycles. The molecule has 82 heavy (non-hydrogen) atoms. The van der Waals surface area contributed by atoms with Crippen molar-refractivity contribution in [3.8, 4) is 0 Å². The van der Waals surface area contributed by atoms with Crippen molar-refractivity contribution in [2.45, 2.75) is 463 Å². The Morgan fingerprint density at radius 1 is 0.293 bits per heavy atom. The van der Waals surface area contributed by atoms with Crippen LogP contribution >= 0.6 is 0 Å². The fourth-order valence-electron chi connectivity index (χ4n) is 12.6. The second kappa shape index (κ2) is 72.3. The number of rotatable bonds is 73. The minimum atomic E-state index is -0.661. The summed E-state index contributed by atoms with van der Waals surface area (Å²) in [5.41, 5.74) is 0. The highest BCUT2D eigenvalue weighted by molar-refractivity contribution is 5.76. The van der Waals surface area contributed by atoms with Crippen molar-refractivity contribution in [1.29, 1.82) is 0 Å². The number of esters is 1. The van der Waals surface area contributed by atoms with E-state index in [4.69, 9.17) is 4.74 Å². The first-order valence-electron chi connectivity index (χ1n) is 38.3. The lowest BCUT2D eigenvalue weighted by Crippen LogP contribution is -2.45. The molecule has 0 aliphatic rings. The van der Waals surface area contributed by atoms with Gasteiger partial charge in [-0.2, -0.15) is 0 Å². The summed E-state index contributed by atoms with van der Waals surface area (Å²) in [6.07, 6.45) is 88.9. The molecule has 0 aromatic rings. The summed E-state index contributed by atoms with van der Waals surface area (Å²) in [6.45, 7) is 5.02. The second-order valence-electron chi connectivity index (χ2n) is 26.7. The Kier molecular flexibility index (Phi) is 71.3. The molecule has 6 heteroatoms. The SMILES string of the molecule is CCCCCCCCCCCCCCCCCCCCC(O)C(CO)NC(=O)CCCCCCCCCCCCCCCCCCCCCCCCCCCCCCCCOC(=O)CCCCCCCCCCCCCCCCCCC. The van der Waals surface area contributed by atoms with Crippen molar-refractivity contribution < 1.29 is 24.5 Å². The first kappa shape index (κ1) is 80.9. The number of aliphatic hydroxyl groups excluding tert-OH is 2. The highest BCUT2D eigenvalue weighted by Gasteiger charge is 2.20. The van der Waals surface area contributed by atoms with E-state index in [1.165, 1.54) is 379 Å². The molecule has 0 saturated heterocycles. The Morgan fingerprint density at radius 2 is 0.500 bits per heavy atom. The van der Waals surface area contributed by atoms with E-state index in [9.17, 15) is 19.8 Å². The van der Waals surface area contributed by atoms with E-state index in [-0.39, 0.29) is 18.5 Å². The van der Waals surface area contributed by atoms with E-state index in [2.05, 4.69) is 19.2 Å². The molecule has 1 amide bonds. The molecule has 0 heterocycles. The first-order valence-corrected chi connectivity index (χ1v) is 38.3. The summed E-state index contributed by atoms with van der Waals surface area (Å²) >= 11 is 0. The fourth-order valence-corrected chi connectivity index (χ4v) is 12.6. The minimum Gasteiger partial charge on any atom is -0.466 e. The minimum absolute atomic E-state index is 0.0256. The quantitative estimate of drug-likeness (QED) is 0.0417. The van der Waals surface area contributed by atoms with Crippen molar-refractivity contribution in [2.24, 2.45) is 0 Å². The van der Waals surface area contributed by atoms with Gasteiger partial charge in [-0.1, -0.05) is 412 Å². The number of ether oxygens (including phenoxy) is 1. The van der Waals surface area contributed by atoms with Crippen molar-refractivity contribution >= 4 is 11.9 Å². The topological polar surface area (TPSA) is 95.9 Å². The summed E-state index contributed by atoms with van der Waals surface area (Å²) in [5, 5.41) is 23.4. The van der Waals surface area contributed by atoms with Crippen molar-refractivity contribution in [1.82, 2.24) is 5.32 Å². The molecule has 0 bridgehead atoms. The van der Waals surface area contributed by atoms with Gasteiger partial charge in [0.05, 0.1) is 25.4 Å². The maximum absolute atomic E-state index is 12.5. The number of unbranched alkanes of at least 4 members (excludes halogenated alkanes) is 62. The molecule has 490 valence electrons. The van der Waals surface area contributed by atoms with E-state index in [0.717, 1.165) is 38.5 Å². The Hall–Kier alpha value is -1.14. The number of carbonyl (C=O) groups excluding carboxylic acids is 2. The molecule has 0 radical (unpaired) electrons. The van der Waals surface area contributed by atoms with E-state index in [1.54, 1.807) is 0 Å². The highest BCUT2D eigenvalue weighted by atomic mass is 16.5. The summed E-state index contributed by atoms with van der Waals surface area (Å²) in [6, 6.07) is -0.538. The molecule has 3 N–H and O–H groups in total. The van der Waals surface area contributed by atoms with Crippen LogP contribution < -0.4 is 5.32 Å². The zero-order valence-corrected chi connectivity index (χ0v) is 56.3. The monoisotopic (exact) mass is 1160 g/mol. The Bertz CT molecular complexity index is 1200. The Morgan fingerprint density at radius 3 is 0.744 bits per heavy atom. The average molecular weight is 1160 g/mol. The van der Waals surface area contributed by atoms with Crippen LogP contribution in [0, 0.1) is 0 Å². The normalized spacial score (nSPS) is 12.4. The molecule has 0 aliphatic heterocycles. The zero-order chi connectivity index (χ0) is 59.2. The van der Waals surface area contributed by atoms with Crippen LogP contribution in [0.3, 0.4) is 0 Å². The molecular formula is C76H151NO5. The van der Waals surface area contributed by atoms with E-state index in [1.807, 2.05) is 0 Å². The second-order valence-corrected chi connectivity index (χ2v) is 26.7. The lowest BCUT2D eigenvalue weighted by atomic mass is 10.0. The van der Waals surface area contributed by atoms with Crippen molar-refractivity contribution in [2.75, 3.05) is 13.2 Å². The number of nitrogens with one attached hydrogen (secondary N) is 1. The molecule has 0 rings (SSSR count). The number of aliphatic hydroxyl groups is 2. The van der Waals surface area contributed by atoms with Gasteiger partial charge in [-0.05, 0) is 25.7 Å². The van der Waals surface area contributed by atoms with Gasteiger partial charge in [0, 0.05) is 12.8 Å². The molecule has 2 atom stereocenters. The molecule has 0 saturated carbocycles. The smallest absolute Gasteiger partial charge is 0.305 e. The summed E-state index contributed by atoms with van der Waals surface area (Å²) in [7, 11) is 0. The summed E-state index contributed by atoms with van der Waals surface area (Å²) < 4.78 is 5.51. The number of amides is 1. The number of carbonyl (C=O) groups is 2. The predicted molar refractivity (Wildman–Crippen MR) is 361 cm³/mol. The number of hydrogen-bond acceptors (Lipinski definition) is 5. The van der Waals surface area contributed by atoms with Crippen LogP contribution in [-0.2, 0) is 14.3 Å². The lowest BCUT2D eigenvalue weighted by Gasteiger charge is -2.22. The van der Waals surface area contributed by atoms with Gasteiger partial charge in [0.25, 0.3) is 0 Å². The van der Waals surface area contributed by atoms with Crippen LogP contribution in [0.1, 0.15) is 450 Å². The highest BCUT2D eigenvalue weighted by Crippen LogP contribution is 2.20. The van der Waals surface area contributed by atoms with Crippen LogP contribution in [0.5, 0.6) is 0 Å². The molecule has 6 nitrogen and oxygen atoms in total. The summed E-state index contributed by atoms with van der Waals surface area (Å²) in [4.78, 5) is 24.7. The lowest BCUT2D eigenvalue weighted by molar-refractivity contribution is -0.143. The van der Waals surface area contributed by atoms with Gasteiger partial charge in [0.15, 0.2) is 0 Å². The van der Waals surface area contributed by atoms with E-state index >= 15 is 0 Å². The van der Waals surface area contributed by atoms with Crippen molar-refractivity contribution in [3.05, 3.63) is 0 Å². The molecule has 0 aliphatic carbocycles. The zero-order valence-electron chi connectivity index (χ0n) is 56.3. The fraction of sp³-hybridized carbons (Fsp3) is 0.974. The molecule has 0 fully saturated rings. The van der Waals surface area contributed by atoms with Gasteiger partial charge in [-0.3, -0.25) is 9.59 Å². The average Bonchev–Trinajstić information content (AvgIpc) is 3.48. The predicted octanol–water partition coefficient (Wildman–Crippen LogP) is 24.9. The maximum Gasteiger partial charge on any atom is 0.305 e. The van der Waals surface area contributed by atoms with Gasteiger partial charge >= 0.3 is 5.97 Å². The van der Waals surface area contributed by atoms with E-state index < -0.39 is 12.1 Å². The Balaban J connectivity index is 3.31. The van der Waals surface area contributed by atoms with Crippen LogP contribution in [0.2, 0.25) is 0 Å². The number of hydrogen-bond donors (Lipinski definition) is 3. The van der Waals surface area contributed by atoms with Gasteiger partial charge in [0.2, 0.25) is 5.91 Å². The van der Waals surface area contributed by atoms with Gasteiger partial charge in [-0.15, -0.1) is 0 Å². The first-order chi connectivity index (χ1) is 40.5. The van der Waals surface area contributed by atoms with E-state index in [0.29, 0.717) is 25.9 Å². The molecule has 0 aromatic heterocycles. The van der Waals surface area contributed by atoms with Gasteiger partial charge < -0.3 is 20.3 Å². The maximum atomic E-state index is 12.5. The van der Waals surface area contributed by atoms with Crippen LogP contribution in [-0.4, -0.2) is 47.4 Å². The third-order valence-corrected chi connectivity index (χ3v) is 18.4. The summed E-state index contributed by atoms with van der Waals surface area (Å²) in [5.74, 6) is -0.000317. The van der Waals surface area contributed by atoms with Gasteiger partial charge in [0.1, 0.15) is 0 Å².